The van der Waals surface area contributed by atoms with Gasteiger partial charge in [0, 0.05) is 16.8 Å². The van der Waals surface area contributed by atoms with Crippen LogP contribution in [0.1, 0.15) is 46.4 Å². The number of hydrogen-bond acceptors (Lipinski definition) is 1. The van der Waals surface area contributed by atoms with Gasteiger partial charge in [-0.25, -0.2) is 0 Å². The van der Waals surface area contributed by atoms with E-state index in [4.69, 9.17) is 27.9 Å². The summed E-state index contributed by atoms with van der Waals surface area (Å²) in [6.45, 7) is 11.0. The van der Waals surface area contributed by atoms with Gasteiger partial charge >= 0.3 is 0 Å². The standard InChI is InChI=1S/C18H23Cl2NO/c1-12(2)21-15(11-22-18(3,4)5)10-16(20)17(21)13-6-8-14(19)9-7-13/h6-10,12H,11H2,1-5H3. The first-order chi connectivity index (χ1) is 10.2. The van der Waals surface area contributed by atoms with Crippen molar-refractivity contribution in [3.8, 4) is 11.3 Å². The van der Waals surface area contributed by atoms with Crippen LogP contribution in [0.15, 0.2) is 30.3 Å². The van der Waals surface area contributed by atoms with Gasteiger partial charge in [0.2, 0.25) is 0 Å². The zero-order valence-electron chi connectivity index (χ0n) is 13.8. The summed E-state index contributed by atoms with van der Waals surface area (Å²) in [7, 11) is 0. The van der Waals surface area contributed by atoms with Crippen molar-refractivity contribution in [1.29, 1.82) is 0 Å². The van der Waals surface area contributed by atoms with Crippen molar-refractivity contribution in [3.63, 3.8) is 0 Å². The Bertz CT molecular complexity index is 636. The molecular formula is C18H23Cl2NO. The van der Waals surface area contributed by atoms with Gasteiger partial charge in [0.15, 0.2) is 0 Å². The van der Waals surface area contributed by atoms with Gasteiger partial charge in [0.1, 0.15) is 0 Å². The second-order valence-electron chi connectivity index (χ2n) is 6.70. The molecule has 2 rings (SSSR count). The molecule has 22 heavy (non-hydrogen) atoms. The number of rotatable bonds is 4. The van der Waals surface area contributed by atoms with Crippen LogP contribution in [0.3, 0.4) is 0 Å². The molecule has 0 saturated carbocycles. The van der Waals surface area contributed by atoms with Gasteiger partial charge in [0.05, 0.1) is 22.9 Å². The molecule has 0 atom stereocenters. The average Bonchev–Trinajstić information content (AvgIpc) is 2.74. The van der Waals surface area contributed by atoms with E-state index in [0.29, 0.717) is 6.61 Å². The molecule has 0 aliphatic heterocycles. The zero-order valence-corrected chi connectivity index (χ0v) is 15.3. The Morgan fingerprint density at radius 1 is 1.09 bits per heavy atom. The van der Waals surface area contributed by atoms with Crippen LogP contribution in [0.25, 0.3) is 11.3 Å². The number of nitrogens with zero attached hydrogens (tertiary/aromatic N) is 1. The molecule has 0 unspecified atom stereocenters. The van der Waals surface area contributed by atoms with Crippen LogP contribution in [0.5, 0.6) is 0 Å². The van der Waals surface area contributed by atoms with Gasteiger partial charge < -0.3 is 9.30 Å². The van der Waals surface area contributed by atoms with Gasteiger partial charge in [-0.1, -0.05) is 35.3 Å². The molecule has 0 aliphatic carbocycles. The molecule has 2 aromatic rings. The predicted molar refractivity (Wildman–Crippen MR) is 94.8 cm³/mol. The lowest BCUT2D eigenvalue weighted by molar-refractivity contribution is -0.0178. The molecule has 0 spiro atoms. The number of aromatic nitrogens is 1. The van der Waals surface area contributed by atoms with Gasteiger partial charge in [-0.2, -0.15) is 0 Å². The van der Waals surface area contributed by atoms with Crippen LogP contribution in [-0.4, -0.2) is 10.2 Å². The van der Waals surface area contributed by atoms with Crippen LogP contribution < -0.4 is 0 Å². The monoisotopic (exact) mass is 339 g/mol. The summed E-state index contributed by atoms with van der Waals surface area (Å²) in [5.74, 6) is 0. The summed E-state index contributed by atoms with van der Waals surface area (Å²) in [5.41, 5.74) is 2.98. The SMILES string of the molecule is CC(C)n1c(COC(C)(C)C)cc(Cl)c1-c1ccc(Cl)cc1. The van der Waals surface area contributed by atoms with E-state index in [1.165, 1.54) is 0 Å². The topological polar surface area (TPSA) is 14.2 Å². The Balaban J connectivity index is 2.45. The molecule has 2 nitrogen and oxygen atoms in total. The Kier molecular flexibility index (Phi) is 5.26. The molecule has 0 aliphatic rings. The molecule has 0 bridgehead atoms. The van der Waals surface area contributed by atoms with Crippen LogP contribution in [0.2, 0.25) is 10.0 Å². The van der Waals surface area contributed by atoms with Crippen molar-refractivity contribution in [2.45, 2.75) is 52.9 Å². The second kappa shape index (κ2) is 6.66. The Labute approximate surface area is 143 Å². The molecule has 1 heterocycles. The Morgan fingerprint density at radius 2 is 1.68 bits per heavy atom. The highest BCUT2D eigenvalue weighted by Crippen LogP contribution is 2.35. The lowest BCUT2D eigenvalue weighted by Crippen LogP contribution is -2.20. The van der Waals surface area contributed by atoms with Crippen LogP contribution in [-0.2, 0) is 11.3 Å². The molecule has 4 heteroatoms. The predicted octanol–water partition coefficient (Wildman–Crippen LogP) is 6.36. The number of hydrogen-bond donors (Lipinski definition) is 0. The molecule has 0 radical (unpaired) electrons. The van der Waals surface area contributed by atoms with E-state index in [2.05, 4.69) is 39.2 Å². The highest BCUT2D eigenvalue weighted by atomic mass is 35.5. The summed E-state index contributed by atoms with van der Waals surface area (Å²) in [4.78, 5) is 0. The summed E-state index contributed by atoms with van der Waals surface area (Å²) >= 11 is 12.5. The fourth-order valence-corrected chi connectivity index (χ4v) is 2.87. The fraction of sp³-hybridized carbons (Fsp3) is 0.444. The maximum Gasteiger partial charge on any atom is 0.0875 e. The lowest BCUT2D eigenvalue weighted by atomic mass is 10.1. The molecule has 0 amide bonds. The van der Waals surface area contributed by atoms with E-state index in [-0.39, 0.29) is 11.6 Å². The molecule has 1 aromatic heterocycles. The Hall–Kier alpha value is -0.960. The first-order valence-corrected chi connectivity index (χ1v) is 8.24. The molecule has 1 aromatic carbocycles. The normalized spacial score (nSPS) is 12.2. The highest BCUT2D eigenvalue weighted by molar-refractivity contribution is 6.33. The van der Waals surface area contributed by atoms with Gasteiger partial charge in [-0.15, -0.1) is 0 Å². The maximum atomic E-state index is 6.51. The van der Waals surface area contributed by atoms with E-state index in [0.717, 1.165) is 27.0 Å². The highest BCUT2D eigenvalue weighted by Gasteiger charge is 2.19. The lowest BCUT2D eigenvalue weighted by Gasteiger charge is -2.22. The largest absolute Gasteiger partial charge is 0.370 e. The van der Waals surface area contributed by atoms with Gasteiger partial charge in [0.25, 0.3) is 0 Å². The summed E-state index contributed by atoms with van der Waals surface area (Å²) in [6.07, 6.45) is 0. The third kappa shape index (κ3) is 4.07. The minimum atomic E-state index is -0.182. The van der Waals surface area contributed by atoms with Gasteiger partial charge in [-0.3, -0.25) is 0 Å². The van der Waals surface area contributed by atoms with Crippen LogP contribution in [0.4, 0.5) is 0 Å². The van der Waals surface area contributed by atoms with E-state index in [1.807, 2.05) is 30.3 Å². The van der Waals surface area contributed by atoms with E-state index in [9.17, 15) is 0 Å². The fourth-order valence-electron chi connectivity index (χ4n) is 2.42. The van der Waals surface area contributed by atoms with Crippen molar-refractivity contribution in [2.75, 3.05) is 0 Å². The summed E-state index contributed by atoms with van der Waals surface area (Å²) in [6, 6.07) is 10.0. The first kappa shape index (κ1) is 17.4. The smallest absolute Gasteiger partial charge is 0.0875 e. The van der Waals surface area contributed by atoms with E-state index in [1.54, 1.807) is 0 Å². The molecular weight excluding hydrogens is 317 g/mol. The minimum Gasteiger partial charge on any atom is -0.370 e. The third-order valence-corrected chi connectivity index (χ3v) is 3.90. The molecule has 120 valence electrons. The van der Waals surface area contributed by atoms with Crippen molar-refractivity contribution in [2.24, 2.45) is 0 Å². The summed E-state index contributed by atoms with van der Waals surface area (Å²) in [5, 5.41) is 1.46. The molecule has 0 N–H and O–H groups in total. The summed E-state index contributed by atoms with van der Waals surface area (Å²) < 4.78 is 8.16. The molecule has 0 fully saturated rings. The van der Waals surface area contributed by atoms with E-state index < -0.39 is 0 Å². The minimum absolute atomic E-state index is 0.182. The van der Waals surface area contributed by atoms with Crippen molar-refractivity contribution < 1.29 is 4.74 Å². The average molecular weight is 340 g/mol. The first-order valence-electron chi connectivity index (χ1n) is 7.48. The number of ether oxygens (including phenoxy) is 1. The van der Waals surface area contributed by atoms with Gasteiger partial charge in [-0.05, 0) is 58.4 Å². The van der Waals surface area contributed by atoms with Crippen LogP contribution in [0, 0.1) is 0 Å². The molecule has 0 saturated heterocycles. The number of halogens is 2. The van der Waals surface area contributed by atoms with Crippen molar-refractivity contribution in [1.82, 2.24) is 4.57 Å². The van der Waals surface area contributed by atoms with Crippen LogP contribution >= 0.6 is 23.2 Å². The second-order valence-corrected chi connectivity index (χ2v) is 7.55. The zero-order chi connectivity index (χ0) is 16.5. The van der Waals surface area contributed by atoms with Crippen molar-refractivity contribution >= 4 is 23.2 Å². The quantitative estimate of drug-likeness (QED) is 0.632. The van der Waals surface area contributed by atoms with E-state index >= 15 is 0 Å². The number of benzene rings is 1. The Morgan fingerprint density at radius 3 is 2.18 bits per heavy atom. The maximum absolute atomic E-state index is 6.51. The van der Waals surface area contributed by atoms with Crippen molar-refractivity contribution in [3.05, 3.63) is 46.1 Å². The third-order valence-electron chi connectivity index (χ3n) is 3.36.